The number of carboxylic acids is 1. The van der Waals surface area contributed by atoms with Crippen LogP contribution in [0.2, 0.25) is 0 Å². The number of alkyl halides is 3. The lowest BCUT2D eigenvalue weighted by Gasteiger charge is -2.24. The van der Waals surface area contributed by atoms with Crippen LogP contribution in [0.3, 0.4) is 0 Å². The van der Waals surface area contributed by atoms with Crippen molar-refractivity contribution in [1.82, 2.24) is 10.6 Å². The highest BCUT2D eigenvalue weighted by molar-refractivity contribution is 5.99. The van der Waals surface area contributed by atoms with Crippen LogP contribution in [0, 0.1) is 12.8 Å². The Morgan fingerprint density at radius 1 is 0.980 bits per heavy atom. The van der Waals surface area contributed by atoms with Crippen LogP contribution in [0.15, 0.2) is 68.8 Å². The Bertz CT molecular complexity index is 1670. The van der Waals surface area contributed by atoms with Crippen molar-refractivity contribution >= 4 is 46.5 Å². The number of nitrogens with zero attached hydrogens (tertiary/aromatic N) is 1. The zero-order valence-corrected chi connectivity index (χ0v) is 27.0. The SMILES string of the molecule is Cc1cc(=O)oc2cc(NC(=O)[C@H](CCCN=C(N)N)NC(=O)[C@H](CC(C)C)NC(=O)OCc3ccccc3)ccc12.O=C(O)C(F)(F)F. The second-order valence-corrected chi connectivity index (χ2v) is 11.1. The molecule has 0 radical (unpaired) electrons. The van der Waals surface area contributed by atoms with Crippen LogP contribution in [0.5, 0.6) is 0 Å². The van der Waals surface area contributed by atoms with Crippen LogP contribution >= 0.6 is 0 Å². The highest BCUT2D eigenvalue weighted by Crippen LogP contribution is 2.21. The lowest BCUT2D eigenvalue weighted by molar-refractivity contribution is -0.192. The summed E-state index contributed by atoms with van der Waals surface area (Å²) in [4.78, 5) is 63.9. The maximum Gasteiger partial charge on any atom is 0.490 e. The van der Waals surface area contributed by atoms with Gasteiger partial charge in [-0.05, 0) is 55.4 Å². The number of alkyl carbamates (subject to hydrolysis) is 1. The summed E-state index contributed by atoms with van der Waals surface area (Å²) in [5.41, 5.74) is 12.6. The van der Waals surface area contributed by atoms with Crippen molar-refractivity contribution in [2.75, 3.05) is 11.9 Å². The number of nitrogens with two attached hydrogens (primary N) is 2. The Morgan fingerprint density at radius 3 is 2.22 bits per heavy atom. The molecule has 0 aliphatic rings. The van der Waals surface area contributed by atoms with Gasteiger partial charge in [-0.15, -0.1) is 0 Å². The molecule has 0 spiro atoms. The van der Waals surface area contributed by atoms with Crippen molar-refractivity contribution in [3.05, 3.63) is 76.1 Å². The summed E-state index contributed by atoms with van der Waals surface area (Å²) in [5.74, 6) is -3.82. The number of benzene rings is 2. The number of carbonyl (C=O) groups excluding carboxylic acids is 3. The number of carboxylic acid groups (broad SMARTS) is 1. The van der Waals surface area contributed by atoms with Gasteiger partial charge >= 0.3 is 23.9 Å². The fraction of sp³-hybridized carbons (Fsp3) is 0.375. The number of halogens is 3. The predicted molar refractivity (Wildman–Crippen MR) is 174 cm³/mol. The van der Waals surface area contributed by atoms with Crippen LogP contribution in [0.4, 0.5) is 23.7 Å². The molecule has 2 atom stereocenters. The summed E-state index contributed by atoms with van der Waals surface area (Å²) < 4.78 is 42.3. The summed E-state index contributed by atoms with van der Waals surface area (Å²) in [5, 5.41) is 16.0. The second kappa shape index (κ2) is 18.7. The van der Waals surface area contributed by atoms with Crippen molar-refractivity contribution in [1.29, 1.82) is 0 Å². The van der Waals surface area contributed by atoms with Crippen molar-refractivity contribution in [2.24, 2.45) is 22.4 Å². The Kier molecular flexibility index (Phi) is 15.1. The first kappa shape index (κ1) is 39.6. The number of carbonyl (C=O) groups is 4. The van der Waals surface area contributed by atoms with Crippen LogP contribution < -0.4 is 33.0 Å². The molecule has 14 nitrogen and oxygen atoms in total. The van der Waals surface area contributed by atoms with E-state index in [0.29, 0.717) is 24.1 Å². The van der Waals surface area contributed by atoms with Crippen molar-refractivity contribution < 1.29 is 46.6 Å². The van der Waals surface area contributed by atoms with Gasteiger partial charge in [0.05, 0.1) is 0 Å². The Morgan fingerprint density at radius 2 is 1.63 bits per heavy atom. The van der Waals surface area contributed by atoms with E-state index in [2.05, 4.69) is 20.9 Å². The van der Waals surface area contributed by atoms with E-state index in [0.717, 1.165) is 16.5 Å². The standard InChI is InChI=1S/C30H38N6O6.C2HF3O2/c1-18(2)14-24(36-30(40)41-17-20-8-5-4-6-9-20)28(39)35-23(10-7-13-33-29(31)32)27(38)34-21-11-12-22-19(3)15-26(37)42-25(22)16-21;3-2(4,5)1(6)7/h4-6,8-9,11-12,15-16,18,23-24H,7,10,13-14,17H2,1-3H3,(H,34,38)(H,35,39)(H,36,40)(H4,31,32,33);(H,6,7)/t23-,24-;/m0./s1. The van der Waals surface area contributed by atoms with Crippen LogP contribution in [0.1, 0.15) is 44.2 Å². The molecule has 0 saturated carbocycles. The highest BCUT2D eigenvalue weighted by atomic mass is 19.4. The monoisotopic (exact) mass is 692 g/mol. The molecule has 2 aromatic carbocycles. The lowest BCUT2D eigenvalue weighted by atomic mass is 10.0. The first-order valence-corrected chi connectivity index (χ1v) is 14.9. The molecule has 0 aliphatic heterocycles. The summed E-state index contributed by atoms with van der Waals surface area (Å²) in [6.45, 7) is 5.91. The first-order chi connectivity index (χ1) is 23.0. The van der Waals surface area contributed by atoms with E-state index in [9.17, 15) is 32.3 Å². The summed E-state index contributed by atoms with van der Waals surface area (Å²) in [7, 11) is 0. The van der Waals surface area contributed by atoms with Gasteiger partial charge in [-0.1, -0.05) is 44.2 Å². The van der Waals surface area contributed by atoms with Gasteiger partial charge in [0.2, 0.25) is 11.8 Å². The van der Waals surface area contributed by atoms with Crippen LogP contribution in [-0.2, 0) is 25.7 Å². The Balaban J connectivity index is 0.00000107. The molecule has 3 aromatic rings. The number of fused-ring (bicyclic) bond motifs is 1. The fourth-order valence-corrected chi connectivity index (χ4v) is 4.29. The number of rotatable bonds is 13. The van der Waals surface area contributed by atoms with Gasteiger partial charge < -0.3 is 41.7 Å². The minimum atomic E-state index is -5.08. The van der Waals surface area contributed by atoms with E-state index in [1.807, 2.05) is 44.2 Å². The molecule has 17 heteroatoms. The normalized spacial score (nSPS) is 12.1. The van der Waals surface area contributed by atoms with E-state index in [-0.39, 0.29) is 31.4 Å². The lowest BCUT2D eigenvalue weighted by Crippen LogP contribution is -2.53. The van der Waals surface area contributed by atoms with Gasteiger partial charge in [0.15, 0.2) is 5.96 Å². The number of aliphatic imine (C=N–C) groups is 1. The van der Waals surface area contributed by atoms with E-state index in [1.165, 1.54) is 6.07 Å². The second-order valence-electron chi connectivity index (χ2n) is 11.1. The number of guanidine groups is 1. The quantitative estimate of drug-likeness (QED) is 0.0660. The Labute approximate surface area is 279 Å². The topological polar surface area (TPSA) is 228 Å². The minimum absolute atomic E-state index is 0.0456. The van der Waals surface area contributed by atoms with Gasteiger partial charge in [-0.25, -0.2) is 14.4 Å². The predicted octanol–water partition coefficient (Wildman–Crippen LogP) is 3.55. The largest absolute Gasteiger partial charge is 0.490 e. The zero-order chi connectivity index (χ0) is 36.7. The van der Waals surface area contributed by atoms with E-state index < -0.39 is 47.8 Å². The highest BCUT2D eigenvalue weighted by Gasteiger charge is 2.38. The number of anilines is 1. The van der Waals surface area contributed by atoms with Crippen molar-refractivity contribution in [3.63, 3.8) is 0 Å². The molecule has 49 heavy (non-hydrogen) atoms. The third-order valence-electron chi connectivity index (χ3n) is 6.57. The van der Waals surface area contributed by atoms with E-state index in [1.54, 1.807) is 25.1 Å². The van der Waals surface area contributed by atoms with E-state index >= 15 is 0 Å². The van der Waals surface area contributed by atoms with Crippen molar-refractivity contribution in [2.45, 2.75) is 64.9 Å². The molecular formula is C32H39F3N6O8. The molecule has 1 aromatic heterocycles. The number of hydrogen-bond donors (Lipinski definition) is 6. The average molecular weight is 693 g/mol. The number of aryl methyl sites for hydroxylation is 1. The zero-order valence-electron chi connectivity index (χ0n) is 27.0. The molecule has 0 unspecified atom stereocenters. The number of amides is 3. The smallest absolute Gasteiger partial charge is 0.475 e. The third-order valence-corrected chi connectivity index (χ3v) is 6.57. The maximum absolute atomic E-state index is 13.4. The first-order valence-electron chi connectivity index (χ1n) is 14.9. The van der Waals surface area contributed by atoms with Crippen molar-refractivity contribution in [3.8, 4) is 0 Å². The van der Waals surface area contributed by atoms with Gasteiger partial charge in [0, 0.05) is 29.8 Å². The molecular weight excluding hydrogens is 653 g/mol. The van der Waals surface area contributed by atoms with Gasteiger partial charge in [0.1, 0.15) is 24.3 Å². The average Bonchev–Trinajstić information content (AvgIpc) is 3.00. The third kappa shape index (κ3) is 14.4. The molecule has 0 saturated heterocycles. The number of nitrogens with one attached hydrogen (secondary N) is 3. The number of ether oxygens (including phenoxy) is 1. The van der Waals surface area contributed by atoms with Gasteiger partial charge in [0.25, 0.3) is 0 Å². The van der Waals surface area contributed by atoms with Gasteiger partial charge in [-0.2, -0.15) is 13.2 Å². The molecule has 8 N–H and O–H groups in total. The molecule has 0 aliphatic carbocycles. The maximum atomic E-state index is 13.4. The molecule has 0 bridgehead atoms. The number of hydrogen-bond acceptors (Lipinski definition) is 8. The Hall–Kier alpha value is -5.61. The molecule has 1 heterocycles. The molecule has 3 amide bonds. The molecule has 266 valence electrons. The minimum Gasteiger partial charge on any atom is -0.475 e. The van der Waals surface area contributed by atoms with Crippen LogP contribution in [-0.4, -0.2) is 59.7 Å². The summed E-state index contributed by atoms with van der Waals surface area (Å²) in [6.07, 6.45) is -4.91. The van der Waals surface area contributed by atoms with Crippen LogP contribution in [0.25, 0.3) is 11.0 Å². The summed E-state index contributed by atoms with van der Waals surface area (Å²) in [6, 6.07) is 13.6. The molecule has 0 fully saturated rings. The van der Waals surface area contributed by atoms with E-state index in [4.69, 9.17) is 30.5 Å². The summed E-state index contributed by atoms with van der Waals surface area (Å²) >= 11 is 0. The number of aliphatic carboxylic acids is 1. The fourth-order valence-electron chi connectivity index (χ4n) is 4.29. The molecule has 3 rings (SSSR count). The van der Waals surface area contributed by atoms with Gasteiger partial charge in [-0.3, -0.25) is 14.6 Å².